The van der Waals surface area contributed by atoms with Crippen molar-refractivity contribution in [2.75, 3.05) is 5.32 Å². The Hall–Kier alpha value is -1.69. The number of nitrogens with zero attached hydrogens (tertiary/aromatic N) is 1. The van der Waals surface area contributed by atoms with Gasteiger partial charge in [0.05, 0.1) is 11.6 Å². The molecular weight excluding hydrogens is 258 g/mol. The van der Waals surface area contributed by atoms with Gasteiger partial charge in [0.2, 0.25) is 0 Å². The Morgan fingerprint density at radius 2 is 2.28 bits per heavy atom. The van der Waals surface area contributed by atoms with E-state index in [-0.39, 0.29) is 5.75 Å². The lowest BCUT2D eigenvalue weighted by molar-refractivity contribution is -0.0498. The summed E-state index contributed by atoms with van der Waals surface area (Å²) < 4.78 is 28.4. The Kier molecular flexibility index (Phi) is 4.09. The predicted molar refractivity (Wildman–Crippen MR) is 67.3 cm³/mol. The number of thiazole rings is 1. The molecule has 3 nitrogen and oxygen atoms in total. The van der Waals surface area contributed by atoms with Gasteiger partial charge in [-0.3, -0.25) is 0 Å². The highest BCUT2D eigenvalue weighted by atomic mass is 32.1. The highest BCUT2D eigenvalue weighted by molar-refractivity contribution is 7.11. The summed E-state index contributed by atoms with van der Waals surface area (Å²) >= 11 is 1.60. The highest BCUT2D eigenvalue weighted by Crippen LogP contribution is 2.20. The fourth-order valence-corrected chi connectivity index (χ4v) is 2.19. The summed E-state index contributed by atoms with van der Waals surface area (Å²) in [5, 5.41) is 4.13. The molecule has 0 spiro atoms. The van der Waals surface area contributed by atoms with Gasteiger partial charge in [-0.1, -0.05) is 6.07 Å². The van der Waals surface area contributed by atoms with E-state index >= 15 is 0 Å². The molecule has 1 aromatic heterocycles. The van der Waals surface area contributed by atoms with Crippen LogP contribution in [-0.2, 0) is 6.54 Å². The predicted octanol–water partition coefficient (Wildman–Crippen LogP) is 3.67. The van der Waals surface area contributed by atoms with Crippen LogP contribution in [0, 0.1) is 6.92 Å². The van der Waals surface area contributed by atoms with Crippen LogP contribution < -0.4 is 10.1 Å². The molecule has 6 heteroatoms. The molecule has 2 aromatic rings. The first-order valence-electron chi connectivity index (χ1n) is 5.33. The number of benzene rings is 1. The maximum absolute atomic E-state index is 12.1. The van der Waals surface area contributed by atoms with Crippen LogP contribution in [0.5, 0.6) is 5.75 Å². The van der Waals surface area contributed by atoms with Crippen LogP contribution in [0.3, 0.4) is 0 Å². The van der Waals surface area contributed by atoms with E-state index in [2.05, 4.69) is 15.0 Å². The van der Waals surface area contributed by atoms with Gasteiger partial charge in [0.25, 0.3) is 0 Å². The first-order valence-corrected chi connectivity index (χ1v) is 6.15. The number of hydrogen-bond donors (Lipinski definition) is 1. The molecule has 1 N–H and O–H groups in total. The molecule has 0 aliphatic rings. The van der Waals surface area contributed by atoms with Crippen molar-refractivity contribution >= 4 is 17.0 Å². The van der Waals surface area contributed by atoms with Crippen molar-refractivity contribution in [3.63, 3.8) is 0 Å². The van der Waals surface area contributed by atoms with Gasteiger partial charge in [0.15, 0.2) is 0 Å². The molecule has 0 saturated heterocycles. The monoisotopic (exact) mass is 270 g/mol. The third-order valence-electron chi connectivity index (χ3n) is 2.20. The minimum Gasteiger partial charge on any atom is -0.435 e. The molecule has 1 aromatic carbocycles. The second-order valence-corrected chi connectivity index (χ2v) is 4.92. The van der Waals surface area contributed by atoms with Crippen molar-refractivity contribution in [3.05, 3.63) is 40.3 Å². The van der Waals surface area contributed by atoms with Crippen molar-refractivity contribution < 1.29 is 13.5 Å². The number of anilines is 1. The number of halogens is 2. The summed E-state index contributed by atoms with van der Waals surface area (Å²) in [7, 11) is 0. The van der Waals surface area contributed by atoms with Gasteiger partial charge in [0.1, 0.15) is 5.75 Å². The Bertz CT molecular complexity index is 516. The largest absolute Gasteiger partial charge is 0.435 e. The smallest absolute Gasteiger partial charge is 0.387 e. The molecule has 1 heterocycles. The topological polar surface area (TPSA) is 34.2 Å². The van der Waals surface area contributed by atoms with Crippen LogP contribution in [0.15, 0.2) is 30.5 Å². The Labute approximate surface area is 107 Å². The number of aromatic nitrogens is 1. The van der Waals surface area contributed by atoms with Crippen molar-refractivity contribution in [1.29, 1.82) is 0 Å². The first-order chi connectivity index (χ1) is 8.63. The summed E-state index contributed by atoms with van der Waals surface area (Å²) in [6, 6.07) is 6.50. The van der Waals surface area contributed by atoms with Crippen LogP contribution in [0.2, 0.25) is 0 Å². The maximum Gasteiger partial charge on any atom is 0.387 e. The minimum absolute atomic E-state index is 0.149. The molecule has 18 heavy (non-hydrogen) atoms. The van der Waals surface area contributed by atoms with E-state index in [9.17, 15) is 8.78 Å². The second-order valence-electron chi connectivity index (χ2n) is 3.61. The van der Waals surface area contributed by atoms with E-state index in [1.807, 2.05) is 6.92 Å². The van der Waals surface area contributed by atoms with Gasteiger partial charge >= 0.3 is 6.61 Å². The molecule has 0 saturated carbocycles. The minimum atomic E-state index is -2.80. The van der Waals surface area contributed by atoms with Crippen LogP contribution in [0.4, 0.5) is 14.5 Å². The van der Waals surface area contributed by atoms with Crippen LogP contribution in [0.1, 0.15) is 9.88 Å². The molecule has 0 atom stereocenters. The second kappa shape index (κ2) is 5.77. The van der Waals surface area contributed by atoms with Gasteiger partial charge in [-0.05, 0) is 19.1 Å². The number of hydrogen-bond acceptors (Lipinski definition) is 4. The van der Waals surface area contributed by atoms with Crippen molar-refractivity contribution in [1.82, 2.24) is 4.98 Å². The summed E-state index contributed by atoms with van der Waals surface area (Å²) in [6.45, 7) is -0.251. The molecule has 0 radical (unpaired) electrons. The van der Waals surface area contributed by atoms with E-state index < -0.39 is 6.61 Å². The van der Waals surface area contributed by atoms with Crippen LogP contribution in [-0.4, -0.2) is 11.6 Å². The molecule has 0 amide bonds. The van der Waals surface area contributed by atoms with Crippen molar-refractivity contribution in [2.24, 2.45) is 0 Å². The van der Waals surface area contributed by atoms with E-state index in [0.29, 0.717) is 6.54 Å². The number of alkyl halides is 2. The highest BCUT2D eigenvalue weighted by Gasteiger charge is 2.04. The quantitative estimate of drug-likeness (QED) is 0.900. The fraction of sp³-hybridized carbons (Fsp3) is 0.250. The lowest BCUT2D eigenvalue weighted by Gasteiger charge is -2.08. The number of rotatable bonds is 5. The van der Waals surface area contributed by atoms with Crippen LogP contribution >= 0.6 is 11.3 Å². The Morgan fingerprint density at radius 1 is 1.44 bits per heavy atom. The normalized spacial score (nSPS) is 10.7. The Morgan fingerprint density at radius 3 is 2.94 bits per heavy atom. The summed E-state index contributed by atoms with van der Waals surface area (Å²) in [4.78, 5) is 5.23. The molecular formula is C12H12F2N2OS. The summed E-state index contributed by atoms with van der Waals surface area (Å²) in [5.74, 6) is 0.149. The van der Waals surface area contributed by atoms with Crippen LogP contribution in [0.25, 0.3) is 0 Å². The average Bonchev–Trinajstić information content (AvgIpc) is 2.72. The molecule has 0 aliphatic heterocycles. The number of aryl methyl sites for hydroxylation is 1. The van der Waals surface area contributed by atoms with Gasteiger partial charge in [-0.2, -0.15) is 8.78 Å². The summed E-state index contributed by atoms with van der Waals surface area (Å²) in [5.41, 5.74) is 0.735. The van der Waals surface area contributed by atoms with E-state index in [0.717, 1.165) is 15.6 Å². The SMILES string of the molecule is Cc1ncc(CNc2cccc(OC(F)F)c2)s1. The van der Waals surface area contributed by atoms with Gasteiger partial charge < -0.3 is 10.1 Å². The van der Waals surface area contributed by atoms with E-state index in [4.69, 9.17) is 0 Å². The zero-order valence-corrected chi connectivity index (χ0v) is 10.5. The lowest BCUT2D eigenvalue weighted by atomic mass is 10.3. The number of ether oxygens (including phenoxy) is 1. The van der Waals surface area contributed by atoms with E-state index in [1.165, 1.54) is 6.07 Å². The zero-order valence-electron chi connectivity index (χ0n) is 9.69. The molecule has 0 aliphatic carbocycles. The van der Waals surface area contributed by atoms with Gasteiger partial charge in [0, 0.05) is 22.8 Å². The Balaban J connectivity index is 1.96. The van der Waals surface area contributed by atoms with Crippen molar-refractivity contribution in [3.8, 4) is 5.75 Å². The first kappa shape index (κ1) is 12.8. The standard InChI is InChI=1S/C12H12F2N2OS/c1-8-15-6-11(18-8)7-16-9-3-2-4-10(5-9)17-12(13)14/h2-6,12,16H,7H2,1H3. The van der Waals surface area contributed by atoms with Gasteiger partial charge in [-0.25, -0.2) is 4.98 Å². The molecule has 0 unspecified atom stereocenters. The number of nitrogens with one attached hydrogen (secondary N) is 1. The molecule has 96 valence electrons. The molecule has 0 fully saturated rings. The van der Waals surface area contributed by atoms with E-state index in [1.54, 1.807) is 35.7 Å². The third kappa shape index (κ3) is 3.66. The summed E-state index contributed by atoms with van der Waals surface area (Å²) in [6.07, 6.45) is 1.80. The third-order valence-corrected chi connectivity index (χ3v) is 3.11. The molecule has 2 rings (SSSR count). The van der Waals surface area contributed by atoms with Gasteiger partial charge in [-0.15, -0.1) is 11.3 Å². The maximum atomic E-state index is 12.1. The zero-order chi connectivity index (χ0) is 13.0. The lowest BCUT2D eigenvalue weighted by Crippen LogP contribution is -2.03. The fourth-order valence-electron chi connectivity index (χ4n) is 1.46. The molecule has 0 bridgehead atoms. The van der Waals surface area contributed by atoms with Crippen molar-refractivity contribution in [2.45, 2.75) is 20.1 Å². The average molecular weight is 270 g/mol.